The summed E-state index contributed by atoms with van der Waals surface area (Å²) in [7, 11) is 0. The molecule has 0 amide bonds. The Bertz CT molecular complexity index is 462. The number of hydrogen-bond acceptors (Lipinski definition) is 2. The molecule has 0 aliphatic heterocycles. The highest BCUT2D eigenvalue weighted by molar-refractivity contribution is 8.00. The minimum Gasteiger partial charge on any atom is -0.127 e. The summed E-state index contributed by atoms with van der Waals surface area (Å²) in [6.07, 6.45) is 2.04. The number of alkyl halides is 1. The van der Waals surface area contributed by atoms with Crippen molar-refractivity contribution in [3.05, 3.63) is 28.8 Å². The van der Waals surface area contributed by atoms with Gasteiger partial charge in [0.05, 0.1) is 9.23 Å². The van der Waals surface area contributed by atoms with Crippen molar-refractivity contribution in [2.45, 2.75) is 10.1 Å². The normalized spacial score (nSPS) is 11.1. The van der Waals surface area contributed by atoms with Gasteiger partial charge in [0.1, 0.15) is 0 Å². The largest absolute Gasteiger partial charge is 0.127 e. The van der Waals surface area contributed by atoms with Crippen molar-refractivity contribution in [2.75, 3.05) is 6.26 Å². The molecule has 0 radical (unpaired) electrons. The Morgan fingerprint density at radius 1 is 1.43 bits per heavy atom. The summed E-state index contributed by atoms with van der Waals surface area (Å²) in [5.74, 6) is 0.538. The van der Waals surface area contributed by atoms with E-state index in [0.717, 1.165) is 16.0 Å². The van der Waals surface area contributed by atoms with Crippen LogP contribution in [0.2, 0.25) is 5.02 Å². The number of thioether (sulfide) groups is 1. The van der Waals surface area contributed by atoms with Gasteiger partial charge in [-0.3, -0.25) is 0 Å². The minimum absolute atomic E-state index is 0.538. The van der Waals surface area contributed by atoms with Gasteiger partial charge in [-0.25, -0.2) is 0 Å². The molecule has 0 aliphatic rings. The molecule has 1 aromatic heterocycles. The molecule has 0 nitrogen and oxygen atoms in total. The molecular weight excluding hydrogens is 255 g/mol. The fourth-order valence-electron chi connectivity index (χ4n) is 1.31. The Morgan fingerprint density at radius 2 is 2.21 bits per heavy atom. The van der Waals surface area contributed by atoms with Crippen molar-refractivity contribution < 1.29 is 0 Å². The summed E-state index contributed by atoms with van der Waals surface area (Å²) in [6.45, 7) is 0. The van der Waals surface area contributed by atoms with Crippen LogP contribution in [0.4, 0.5) is 0 Å². The van der Waals surface area contributed by atoms with Gasteiger partial charge in [0.25, 0.3) is 0 Å². The maximum atomic E-state index is 6.23. The molecule has 4 heteroatoms. The number of rotatable bonds is 2. The summed E-state index contributed by atoms with van der Waals surface area (Å²) in [5, 5.41) is 1.99. The maximum Gasteiger partial charge on any atom is 0.0795 e. The van der Waals surface area contributed by atoms with Gasteiger partial charge in [-0.15, -0.1) is 34.7 Å². The van der Waals surface area contributed by atoms with Crippen LogP contribution in [0.5, 0.6) is 0 Å². The fourth-order valence-corrected chi connectivity index (χ4v) is 3.73. The zero-order valence-corrected chi connectivity index (χ0v) is 10.7. The van der Waals surface area contributed by atoms with E-state index in [1.807, 2.05) is 12.3 Å². The van der Waals surface area contributed by atoms with Gasteiger partial charge in [-0.05, 0) is 24.0 Å². The first-order valence-electron chi connectivity index (χ1n) is 4.07. The van der Waals surface area contributed by atoms with Crippen LogP contribution in [0.3, 0.4) is 0 Å². The molecule has 0 atom stereocenters. The Morgan fingerprint density at radius 3 is 2.86 bits per heavy atom. The van der Waals surface area contributed by atoms with Gasteiger partial charge >= 0.3 is 0 Å². The zero-order valence-electron chi connectivity index (χ0n) is 7.51. The predicted octanol–water partition coefficient (Wildman–Crippen LogP) is 5.02. The van der Waals surface area contributed by atoms with Crippen LogP contribution >= 0.6 is 46.3 Å². The van der Waals surface area contributed by atoms with Gasteiger partial charge in [0.15, 0.2) is 0 Å². The Hall–Kier alpha value is 0.110. The fraction of sp³-hybridized carbons (Fsp3) is 0.200. The van der Waals surface area contributed by atoms with Gasteiger partial charge < -0.3 is 0 Å². The predicted molar refractivity (Wildman–Crippen MR) is 68.2 cm³/mol. The van der Waals surface area contributed by atoms with Crippen LogP contribution in [-0.2, 0) is 5.88 Å². The lowest BCUT2D eigenvalue weighted by molar-refractivity contribution is 1.43. The molecule has 0 spiro atoms. The van der Waals surface area contributed by atoms with E-state index in [4.69, 9.17) is 23.2 Å². The lowest BCUT2D eigenvalue weighted by Crippen LogP contribution is -1.75. The van der Waals surface area contributed by atoms with Crippen molar-refractivity contribution in [3.63, 3.8) is 0 Å². The SMILES string of the molecule is CSc1sc2ccc(CCl)cc2c1Cl. The molecule has 0 aliphatic carbocycles. The van der Waals surface area contributed by atoms with E-state index in [1.165, 1.54) is 8.91 Å². The first-order chi connectivity index (χ1) is 6.76. The Balaban J connectivity index is 2.68. The molecule has 74 valence electrons. The van der Waals surface area contributed by atoms with E-state index in [9.17, 15) is 0 Å². The lowest BCUT2D eigenvalue weighted by atomic mass is 10.2. The summed E-state index contributed by atoms with van der Waals surface area (Å²) in [6, 6.07) is 6.20. The van der Waals surface area contributed by atoms with Crippen molar-refractivity contribution in [3.8, 4) is 0 Å². The van der Waals surface area contributed by atoms with Crippen LogP contribution in [0.15, 0.2) is 22.4 Å². The van der Waals surface area contributed by atoms with Crippen molar-refractivity contribution in [2.24, 2.45) is 0 Å². The highest BCUT2D eigenvalue weighted by Gasteiger charge is 2.09. The van der Waals surface area contributed by atoms with Crippen molar-refractivity contribution in [1.82, 2.24) is 0 Å². The molecule has 0 unspecified atom stereocenters. The van der Waals surface area contributed by atoms with Gasteiger partial charge in [-0.1, -0.05) is 17.7 Å². The van der Waals surface area contributed by atoms with Crippen LogP contribution in [0, 0.1) is 0 Å². The molecule has 0 bridgehead atoms. The second kappa shape index (κ2) is 4.31. The smallest absolute Gasteiger partial charge is 0.0795 e. The van der Waals surface area contributed by atoms with E-state index in [1.54, 1.807) is 23.1 Å². The minimum atomic E-state index is 0.538. The zero-order chi connectivity index (χ0) is 10.1. The van der Waals surface area contributed by atoms with Crippen LogP contribution in [0.1, 0.15) is 5.56 Å². The highest BCUT2D eigenvalue weighted by atomic mass is 35.5. The third kappa shape index (κ3) is 1.76. The van der Waals surface area contributed by atoms with E-state index < -0.39 is 0 Å². The second-order valence-electron chi connectivity index (χ2n) is 2.87. The standard InChI is InChI=1S/C10H8Cl2S2/c1-13-10-9(12)7-4-6(5-11)2-3-8(7)14-10/h2-4H,5H2,1H3. The first-order valence-corrected chi connectivity index (χ1v) is 7.02. The maximum absolute atomic E-state index is 6.23. The van der Waals surface area contributed by atoms with Crippen molar-refractivity contribution in [1.29, 1.82) is 0 Å². The molecule has 2 rings (SSSR count). The number of benzene rings is 1. The molecule has 0 fully saturated rings. The van der Waals surface area contributed by atoms with Gasteiger partial charge in [-0.2, -0.15) is 0 Å². The molecule has 1 heterocycles. The first kappa shape index (κ1) is 10.6. The highest BCUT2D eigenvalue weighted by Crippen LogP contribution is 2.40. The van der Waals surface area contributed by atoms with Crippen LogP contribution < -0.4 is 0 Å². The van der Waals surface area contributed by atoms with Gasteiger partial charge in [0, 0.05) is 16.0 Å². The molecule has 2 aromatic rings. The third-order valence-electron chi connectivity index (χ3n) is 2.00. The van der Waals surface area contributed by atoms with Crippen LogP contribution in [0.25, 0.3) is 10.1 Å². The Kier molecular flexibility index (Phi) is 3.27. The quantitative estimate of drug-likeness (QED) is 0.541. The molecule has 0 N–H and O–H groups in total. The summed E-state index contributed by atoms with van der Waals surface area (Å²) in [5.41, 5.74) is 1.12. The van der Waals surface area contributed by atoms with E-state index in [0.29, 0.717) is 5.88 Å². The molecule has 1 aromatic carbocycles. The second-order valence-corrected chi connectivity index (χ2v) is 5.64. The number of hydrogen-bond donors (Lipinski definition) is 0. The van der Waals surface area contributed by atoms with E-state index in [-0.39, 0.29) is 0 Å². The summed E-state index contributed by atoms with van der Waals surface area (Å²) < 4.78 is 2.40. The molecule has 0 saturated heterocycles. The molecule has 14 heavy (non-hydrogen) atoms. The number of thiophene rings is 1. The third-order valence-corrected chi connectivity index (χ3v) is 5.22. The molecule has 0 saturated carbocycles. The van der Waals surface area contributed by atoms with Crippen molar-refractivity contribution >= 4 is 56.4 Å². The topological polar surface area (TPSA) is 0 Å². The average molecular weight is 263 g/mol. The lowest BCUT2D eigenvalue weighted by Gasteiger charge is -1.95. The van der Waals surface area contributed by atoms with E-state index in [2.05, 4.69) is 12.1 Å². The van der Waals surface area contributed by atoms with Gasteiger partial charge in [0.2, 0.25) is 0 Å². The van der Waals surface area contributed by atoms with Crippen LogP contribution in [-0.4, -0.2) is 6.26 Å². The summed E-state index contributed by atoms with van der Waals surface area (Å²) in [4.78, 5) is 0. The average Bonchev–Trinajstić information content (AvgIpc) is 2.55. The molecular formula is C10H8Cl2S2. The number of fused-ring (bicyclic) bond motifs is 1. The van der Waals surface area contributed by atoms with E-state index >= 15 is 0 Å². The Labute approximate surface area is 101 Å². The summed E-state index contributed by atoms with van der Waals surface area (Å²) >= 11 is 15.4. The number of halogens is 2. The monoisotopic (exact) mass is 262 g/mol.